The topological polar surface area (TPSA) is 66.4 Å². The maximum absolute atomic E-state index is 12.7. The summed E-state index contributed by atoms with van der Waals surface area (Å²) in [5, 5.41) is 13.4. The fourth-order valence-electron chi connectivity index (χ4n) is 3.68. The first-order valence-corrected chi connectivity index (χ1v) is 10.1. The van der Waals surface area contributed by atoms with E-state index in [1.807, 2.05) is 25.1 Å². The lowest BCUT2D eigenvalue weighted by molar-refractivity contribution is 0.102. The van der Waals surface area contributed by atoms with Gasteiger partial charge in [0.25, 0.3) is 5.91 Å². The number of hydrogen-bond donors (Lipinski definition) is 2. The summed E-state index contributed by atoms with van der Waals surface area (Å²) in [4.78, 5) is 25.3. The number of halogens is 1. The maximum atomic E-state index is 12.7. The van der Waals surface area contributed by atoms with Crippen LogP contribution in [-0.2, 0) is 19.4 Å². The Balaban J connectivity index is 1.68. The fourth-order valence-corrected chi connectivity index (χ4v) is 5.13. The molecule has 1 aliphatic carbocycles. The molecule has 0 fully saturated rings. The van der Waals surface area contributed by atoms with Crippen LogP contribution in [0.5, 0.6) is 0 Å². The molecule has 1 heterocycles. The van der Waals surface area contributed by atoms with E-state index in [0.717, 1.165) is 51.9 Å². The standard InChI is InChI=1S/C22H18ClNO3S/c1-12-20-17-4-2-3-14(10-25)16(17)7-8-19(20)28-22(12)24-21(27)13-5-6-15(11-26)18(23)9-13/h2-6,9-10,26H,7-8,11H2,1H3,(H,24,27). The molecule has 0 bridgehead atoms. The molecule has 1 aliphatic rings. The van der Waals surface area contributed by atoms with Crippen molar-refractivity contribution in [3.05, 3.63) is 74.1 Å². The van der Waals surface area contributed by atoms with Crippen LogP contribution in [0.25, 0.3) is 11.1 Å². The molecule has 28 heavy (non-hydrogen) atoms. The molecule has 1 aromatic heterocycles. The van der Waals surface area contributed by atoms with Crippen molar-refractivity contribution in [3.8, 4) is 11.1 Å². The summed E-state index contributed by atoms with van der Waals surface area (Å²) >= 11 is 7.69. The van der Waals surface area contributed by atoms with Crippen molar-refractivity contribution >= 4 is 40.1 Å². The number of benzene rings is 2. The second kappa shape index (κ2) is 7.51. The molecule has 0 saturated heterocycles. The number of aryl methyl sites for hydroxylation is 1. The van der Waals surface area contributed by atoms with E-state index in [1.165, 1.54) is 4.88 Å². The monoisotopic (exact) mass is 411 g/mol. The van der Waals surface area contributed by atoms with Crippen LogP contribution in [0.2, 0.25) is 5.02 Å². The van der Waals surface area contributed by atoms with Gasteiger partial charge >= 0.3 is 0 Å². The number of aldehydes is 1. The minimum Gasteiger partial charge on any atom is -0.392 e. The third kappa shape index (κ3) is 3.15. The van der Waals surface area contributed by atoms with Crippen molar-refractivity contribution in [2.75, 3.05) is 5.32 Å². The Morgan fingerprint density at radius 1 is 1.29 bits per heavy atom. The molecule has 2 aromatic carbocycles. The molecule has 0 aliphatic heterocycles. The van der Waals surface area contributed by atoms with Crippen LogP contribution in [0, 0.1) is 6.92 Å². The second-order valence-electron chi connectivity index (χ2n) is 6.76. The van der Waals surface area contributed by atoms with E-state index in [0.29, 0.717) is 16.1 Å². The van der Waals surface area contributed by atoms with Gasteiger partial charge in [0.15, 0.2) is 0 Å². The second-order valence-corrected chi connectivity index (χ2v) is 8.28. The van der Waals surface area contributed by atoms with Crippen LogP contribution in [0.15, 0.2) is 36.4 Å². The summed E-state index contributed by atoms with van der Waals surface area (Å²) in [6.45, 7) is 1.83. The van der Waals surface area contributed by atoms with Crippen LogP contribution >= 0.6 is 22.9 Å². The van der Waals surface area contributed by atoms with Gasteiger partial charge in [-0.3, -0.25) is 9.59 Å². The zero-order valence-corrected chi connectivity index (χ0v) is 16.8. The van der Waals surface area contributed by atoms with E-state index in [4.69, 9.17) is 11.6 Å². The average molecular weight is 412 g/mol. The summed E-state index contributed by atoms with van der Waals surface area (Å²) in [6.07, 6.45) is 2.59. The average Bonchev–Trinajstić information content (AvgIpc) is 3.03. The SMILES string of the molecule is Cc1c(NC(=O)c2ccc(CO)c(Cl)c2)sc2c1-c1cccc(C=O)c1CC2. The number of thiophene rings is 1. The van der Waals surface area contributed by atoms with Crippen LogP contribution in [0.4, 0.5) is 5.00 Å². The predicted octanol–water partition coefficient (Wildman–Crippen LogP) is 5.03. The van der Waals surface area contributed by atoms with Crippen molar-refractivity contribution in [2.24, 2.45) is 0 Å². The van der Waals surface area contributed by atoms with Gasteiger partial charge in [-0.05, 0) is 54.2 Å². The minimum absolute atomic E-state index is 0.167. The van der Waals surface area contributed by atoms with Gasteiger partial charge in [-0.25, -0.2) is 0 Å². The van der Waals surface area contributed by atoms with Crippen molar-refractivity contribution in [1.29, 1.82) is 0 Å². The number of anilines is 1. The van der Waals surface area contributed by atoms with Gasteiger partial charge in [0, 0.05) is 26.6 Å². The Hall–Kier alpha value is -2.47. The summed E-state index contributed by atoms with van der Waals surface area (Å²) < 4.78 is 0. The molecule has 1 amide bonds. The lowest BCUT2D eigenvalue weighted by atomic mass is 9.86. The van der Waals surface area contributed by atoms with Crippen LogP contribution in [-0.4, -0.2) is 17.3 Å². The van der Waals surface area contributed by atoms with Crippen molar-refractivity contribution in [2.45, 2.75) is 26.4 Å². The van der Waals surface area contributed by atoms with Gasteiger partial charge in [0.1, 0.15) is 6.29 Å². The van der Waals surface area contributed by atoms with E-state index in [2.05, 4.69) is 5.32 Å². The molecular weight excluding hydrogens is 394 g/mol. The van der Waals surface area contributed by atoms with Crippen LogP contribution in [0.1, 0.15) is 42.3 Å². The summed E-state index contributed by atoms with van der Waals surface area (Å²) in [5.74, 6) is -0.241. The molecule has 0 unspecified atom stereocenters. The molecule has 0 atom stereocenters. The lowest BCUT2D eigenvalue weighted by Gasteiger charge is -2.18. The number of fused-ring (bicyclic) bond motifs is 3. The van der Waals surface area contributed by atoms with Crippen LogP contribution < -0.4 is 5.32 Å². The zero-order chi connectivity index (χ0) is 19.8. The first kappa shape index (κ1) is 18.9. The molecule has 0 spiro atoms. The Morgan fingerprint density at radius 2 is 2.11 bits per heavy atom. The molecule has 3 aromatic rings. The minimum atomic E-state index is -0.241. The molecule has 0 radical (unpaired) electrons. The molecule has 6 heteroatoms. The van der Waals surface area contributed by atoms with Gasteiger partial charge in [0.2, 0.25) is 0 Å². The number of rotatable bonds is 4. The highest BCUT2D eigenvalue weighted by molar-refractivity contribution is 7.17. The Bertz CT molecular complexity index is 1100. The lowest BCUT2D eigenvalue weighted by Crippen LogP contribution is -2.12. The van der Waals surface area contributed by atoms with E-state index >= 15 is 0 Å². The van der Waals surface area contributed by atoms with Crippen molar-refractivity contribution < 1.29 is 14.7 Å². The molecule has 0 saturated carbocycles. The van der Waals surface area contributed by atoms with E-state index in [-0.39, 0.29) is 12.5 Å². The first-order valence-electron chi connectivity index (χ1n) is 8.93. The van der Waals surface area contributed by atoms with E-state index in [1.54, 1.807) is 29.5 Å². The molecule has 142 valence electrons. The van der Waals surface area contributed by atoms with Gasteiger partial charge < -0.3 is 10.4 Å². The number of carbonyl (C=O) groups is 2. The van der Waals surface area contributed by atoms with Gasteiger partial charge in [-0.1, -0.05) is 35.9 Å². The predicted molar refractivity (Wildman–Crippen MR) is 113 cm³/mol. The number of aliphatic hydroxyl groups excluding tert-OH is 1. The number of amides is 1. The highest BCUT2D eigenvalue weighted by Gasteiger charge is 2.25. The molecule has 4 rings (SSSR count). The summed E-state index contributed by atoms with van der Waals surface area (Å²) in [5.41, 5.74) is 6.05. The summed E-state index contributed by atoms with van der Waals surface area (Å²) in [6, 6.07) is 10.7. The van der Waals surface area contributed by atoms with E-state index in [9.17, 15) is 14.7 Å². The van der Waals surface area contributed by atoms with Gasteiger partial charge in [0.05, 0.1) is 11.6 Å². The first-order chi connectivity index (χ1) is 13.5. The van der Waals surface area contributed by atoms with Gasteiger partial charge in [-0.2, -0.15) is 0 Å². The number of aliphatic hydroxyl groups is 1. The normalized spacial score (nSPS) is 12.2. The Labute approximate surface area is 171 Å². The van der Waals surface area contributed by atoms with Crippen molar-refractivity contribution in [3.63, 3.8) is 0 Å². The third-order valence-electron chi connectivity index (χ3n) is 5.14. The fraction of sp³-hybridized carbons (Fsp3) is 0.182. The summed E-state index contributed by atoms with van der Waals surface area (Å²) in [7, 11) is 0. The maximum Gasteiger partial charge on any atom is 0.256 e. The highest BCUT2D eigenvalue weighted by atomic mass is 35.5. The largest absolute Gasteiger partial charge is 0.392 e. The zero-order valence-electron chi connectivity index (χ0n) is 15.2. The van der Waals surface area contributed by atoms with Crippen molar-refractivity contribution in [1.82, 2.24) is 0 Å². The van der Waals surface area contributed by atoms with Gasteiger partial charge in [-0.15, -0.1) is 11.3 Å². The van der Waals surface area contributed by atoms with Crippen LogP contribution in [0.3, 0.4) is 0 Å². The molecular formula is C22H18ClNO3S. The third-order valence-corrected chi connectivity index (χ3v) is 6.76. The number of hydrogen-bond acceptors (Lipinski definition) is 4. The number of nitrogens with one attached hydrogen (secondary N) is 1. The highest BCUT2D eigenvalue weighted by Crippen LogP contribution is 2.45. The molecule has 4 nitrogen and oxygen atoms in total. The Morgan fingerprint density at radius 3 is 2.82 bits per heavy atom. The smallest absolute Gasteiger partial charge is 0.256 e. The Kier molecular flexibility index (Phi) is 5.06. The molecule has 2 N–H and O–H groups in total. The van der Waals surface area contributed by atoms with E-state index < -0.39 is 0 Å². The quantitative estimate of drug-likeness (QED) is 0.591. The number of carbonyl (C=O) groups excluding carboxylic acids is 2.